The second kappa shape index (κ2) is 4.62. The molecule has 0 amide bonds. The van der Waals surface area contributed by atoms with Crippen molar-refractivity contribution in [3.05, 3.63) is 42.4 Å². The number of fused-ring (bicyclic) bond motifs is 1. The topological polar surface area (TPSA) is 42.2 Å². The Labute approximate surface area is 101 Å². The quantitative estimate of drug-likeness (QED) is 0.877. The lowest BCUT2D eigenvalue weighted by Gasteiger charge is -2.07. The maximum Gasteiger partial charge on any atom is 0.305 e. The van der Waals surface area contributed by atoms with Gasteiger partial charge in [-0.3, -0.25) is 4.79 Å². The van der Waals surface area contributed by atoms with Gasteiger partial charge in [0.1, 0.15) is 0 Å². The van der Waals surface area contributed by atoms with Gasteiger partial charge >= 0.3 is 5.97 Å². The van der Waals surface area contributed by atoms with Crippen molar-refractivity contribution in [1.82, 2.24) is 4.57 Å². The van der Waals surface area contributed by atoms with Crippen molar-refractivity contribution in [2.24, 2.45) is 0 Å². The fraction of sp³-hybridized carbons (Fsp3) is 0.286. The molecule has 3 heteroatoms. The molecular weight excluding hydrogens is 214 g/mol. The van der Waals surface area contributed by atoms with Crippen molar-refractivity contribution in [1.29, 1.82) is 0 Å². The predicted octanol–water partition coefficient (Wildman–Crippen LogP) is 2.80. The predicted molar refractivity (Wildman–Crippen MR) is 68.0 cm³/mol. The Morgan fingerprint density at radius 1 is 1.47 bits per heavy atom. The Kier molecular flexibility index (Phi) is 3.18. The van der Waals surface area contributed by atoms with Gasteiger partial charge in [0.05, 0.1) is 6.42 Å². The summed E-state index contributed by atoms with van der Waals surface area (Å²) in [4.78, 5) is 10.7. The van der Waals surface area contributed by atoms with Gasteiger partial charge < -0.3 is 9.67 Å². The number of aryl methyl sites for hydroxylation is 2. The van der Waals surface area contributed by atoms with Gasteiger partial charge in [-0.2, -0.15) is 0 Å². The van der Waals surface area contributed by atoms with E-state index in [1.54, 1.807) is 0 Å². The Morgan fingerprint density at radius 3 is 2.88 bits per heavy atom. The van der Waals surface area contributed by atoms with Crippen LogP contribution in [0.3, 0.4) is 0 Å². The zero-order valence-corrected chi connectivity index (χ0v) is 9.94. The van der Waals surface area contributed by atoms with Gasteiger partial charge in [0.15, 0.2) is 0 Å². The number of hydrogen-bond donors (Lipinski definition) is 1. The number of nitrogens with zero attached hydrogens (tertiary/aromatic N) is 1. The monoisotopic (exact) mass is 230 g/mol. The highest BCUT2D eigenvalue weighted by molar-refractivity contribution is 5.84. The average molecular weight is 230 g/mol. The molecule has 2 rings (SSSR count). The number of rotatable bonds is 4. The Balaban J connectivity index is 2.51. The van der Waals surface area contributed by atoms with Crippen LogP contribution in [-0.2, 0) is 17.8 Å². The minimum absolute atomic E-state index is 0.144. The van der Waals surface area contributed by atoms with Crippen LogP contribution in [-0.4, -0.2) is 15.6 Å². The summed E-state index contributed by atoms with van der Waals surface area (Å²) < 4.78 is 2.06. The summed E-state index contributed by atoms with van der Waals surface area (Å²) >= 11 is 0. The zero-order valence-electron chi connectivity index (χ0n) is 9.94. The lowest BCUT2D eigenvalue weighted by molar-refractivity contribution is -0.137. The lowest BCUT2D eigenvalue weighted by atomic mass is 10.1. The summed E-state index contributed by atoms with van der Waals surface area (Å²) in [5.74, 6) is -0.769. The Morgan fingerprint density at radius 2 is 2.24 bits per heavy atom. The van der Waals surface area contributed by atoms with Gasteiger partial charge in [-0.25, -0.2) is 0 Å². The number of aliphatic carboxylic acids is 1. The van der Waals surface area contributed by atoms with E-state index in [1.165, 1.54) is 10.9 Å². The smallest absolute Gasteiger partial charge is 0.305 e. The van der Waals surface area contributed by atoms with E-state index in [2.05, 4.69) is 30.5 Å². The van der Waals surface area contributed by atoms with Crippen LogP contribution in [0.1, 0.15) is 17.7 Å². The van der Waals surface area contributed by atoms with E-state index in [1.807, 2.05) is 12.1 Å². The molecule has 0 saturated carbocycles. The molecule has 0 aliphatic rings. The molecule has 0 atom stereocenters. The van der Waals surface area contributed by atoms with Gasteiger partial charge in [0.25, 0.3) is 0 Å². The third-order valence-electron chi connectivity index (χ3n) is 3.05. The number of aromatic nitrogens is 1. The van der Waals surface area contributed by atoms with Gasteiger partial charge in [0.2, 0.25) is 0 Å². The SMILES string of the molecule is [CH2]Cc1cc2c(C)cccc2n1CCC(=O)O. The number of carboxylic acid groups (broad SMARTS) is 1. The van der Waals surface area contributed by atoms with Crippen LogP contribution in [0.2, 0.25) is 0 Å². The molecule has 1 aromatic heterocycles. The van der Waals surface area contributed by atoms with Crippen molar-refractivity contribution in [2.45, 2.75) is 26.3 Å². The normalized spacial score (nSPS) is 10.9. The van der Waals surface area contributed by atoms with Crippen LogP contribution < -0.4 is 0 Å². The molecule has 2 aromatic rings. The van der Waals surface area contributed by atoms with Crippen molar-refractivity contribution in [2.75, 3.05) is 0 Å². The number of carbonyl (C=O) groups is 1. The van der Waals surface area contributed by atoms with E-state index in [9.17, 15) is 4.79 Å². The molecule has 0 bridgehead atoms. The lowest BCUT2D eigenvalue weighted by Crippen LogP contribution is -2.07. The van der Waals surface area contributed by atoms with Gasteiger partial charge in [-0.1, -0.05) is 12.1 Å². The molecule has 0 spiro atoms. The van der Waals surface area contributed by atoms with Crippen molar-refractivity contribution >= 4 is 16.9 Å². The Bertz CT molecular complexity index is 555. The molecular formula is C14H16NO2. The summed E-state index contributed by atoms with van der Waals surface area (Å²) in [6.07, 6.45) is 0.818. The molecule has 3 nitrogen and oxygen atoms in total. The van der Waals surface area contributed by atoms with Crippen LogP contribution in [0, 0.1) is 13.8 Å². The van der Waals surface area contributed by atoms with Crippen LogP contribution in [0.25, 0.3) is 10.9 Å². The second-order valence-electron chi connectivity index (χ2n) is 4.19. The largest absolute Gasteiger partial charge is 0.481 e. The highest BCUT2D eigenvalue weighted by Crippen LogP contribution is 2.23. The molecule has 0 saturated heterocycles. The fourth-order valence-corrected chi connectivity index (χ4v) is 2.17. The molecule has 0 unspecified atom stereocenters. The average Bonchev–Trinajstić information content (AvgIpc) is 2.66. The summed E-state index contributed by atoms with van der Waals surface area (Å²) in [5.41, 5.74) is 3.41. The molecule has 0 aliphatic heterocycles. The number of carboxylic acids is 1. The first-order valence-corrected chi connectivity index (χ1v) is 5.72. The van der Waals surface area contributed by atoms with Crippen LogP contribution in [0.4, 0.5) is 0 Å². The molecule has 1 radical (unpaired) electrons. The van der Waals surface area contributed by atoms with Crippen molar-refractivity contribution < 1.29 is 9.90 Å². The molecule has 1 aromatic carbocycles. The van der Waals surface area contributed by atoms with Crippen LogP contribution >= 0.6 is 0 Å². The minimum Gasteiger partial charge on any atom is -0.481 e. The standard InChI is InChI=1S/C14H16NO2/c1-3-11-9-12-10(2)5-4-6-13(12)15(11)8-7-14(16)17/h4-6,9H,1,3,7-8H2,2H3,(H,16,17). The van der Waals surface area contributed by atoms with Crippen LogP contribution in [0.15, 0.2) is 24.3 Å². The highest BCUT2D eigenvalue weighted by atomic mass is 16.4. The summed E-state index contributed by atoms with van der Waals surface area (Å²) in [6, 6.07) is 8.21. The fourth-order valence-electron chi connectivity index (χ4n) is 2.17. The Hall–Kier alpha value is -1.77. The maximum absolute atomic E-state index is 10.7. The zero-order chi connectivity index (χ0) is 12.4. The van der Waals surface area contributed by atoms with Gasteiger partial charge in [0, 0.05) is 23.1 Å². The molecule has 89 valence electrons. The van der Waals surface area contributed by atoms with E-state index in [4.69, 9.17) is 5.11 Å². The van der Waals surface area contributed by atoms with Gasteiger partial charge in [-0.05, 0) is 38.0 Å². The summed E-state index contributed by atoms with van der Waals surface area (Å²) in [7, 11) is 0. The van der Waals surface area contributed by atoms with E-state index in [0.717, 1.165) is 11.2 Å². The second-order valence-corrected chi connectivity index (χ2v) is 4.19. The van der Waals surface area contributed by atoms with E-state index < -0.39 is 5.97 Å². The summed E-state index contributed by atoms with van der Waals surface area (Å²) in [5, 5.41) is 9.96. The van der Waals surface area contributed by atoms with Crippen molar-refractivity contribution in [3.63, 3.8) is 0 Å². The highest BCUT2D eigenvalue weighted by Gasteiger charge is 2.09. The number of hydrogen-bond acceptors (Lipinski definition) is 1. The molecule has 1 heterocycles. The number of benzene rings is 1. The van der Waals surface area contributed by atoms with Crippen molar-refractivity contribution in [3.8, 4) is 0 Å². The third kappa shape index (κ3) is 2.18. The van der Waals surface area contributed by atoms with Gasteiger partial charge in [-0.15, -0.1) is 0 Å². The first kappa shape index (κ1) is 11.7. The van der Waals surface area contributed by atoms with E-state index in [-0.39, 0.29) is 6.42 Å². The van der Waals surface area contributed by atoms with E-state index in [0.29, 0.717) is 13.0 Å². The third-order valence-corrected chi connectivity index (χ3v) is 3.05. The van der Waals surface area contributed by atoms with Crippen LogP contribution in [0.5, 0.6) is 0 Å². The molecule has 0 fully saturated rings. The first-order chi connectivity index (χ1) is 8.13. The molecule has 0 aliphatic carbocycles. The van der Waals surface area contributed by atoms with E-state index >= 15 is 0 Å². The summed E-state index contributed by atoms with van der Waals surface area (Å²) in [6.45, 7) is 6.47. The minimum atomic E-state index is -0.769. The molecule has 17 heavy (non-hydrogen) atoms. The first-order valence-electron chi connectivity index (χ1n) is 5.72. The molecule has 1 N–H and O–H groups in total. The maximum atomic E-state index is 10.7.